The molecule has 1 aliphatic rings. The lowest BCUT2D eigenvalue weighted by atomic mass is 9.84. The molecule has 0 aromatic heterocycles. The van der Waals surface area contributed by atoms with E-state index in [0.717, 1.165) is 33.6 Å². The number of aryl methyl sites for hydroxylation is 1. The minimum absolute atomic E-state index is 0.0548. The molecule has 1 heterocycles. The number of carboxylic acid groups (broad SMARTS) is 1. The first-order valence-corrected chi connectivity index (χ1v) is 8.13. The summed E-state index contributed by atoms with van der Waals surface area (Å²) in [5.41, 5.74) is 4.79. The molecule has 4 nitrogen and oxygen atoms in total. The van der Waals surface area contributed by atoms with Gasteiger partial charge >= 0.3 is 5.97 Å². The summed E-state index contributed by atoms with van der Waals surface area (Å²) in [4.78, 5) is 10.9. The van der Waals surface area contributed by atoms with E-state index in [1.807, 2.05) is 30.3 Å². The van der Waals surface area contributed by atoms with E-state index in [2.05, 4.69) is 19.9 Å². The molecule has 0 bridgehead atoms. The van der Waals surface area contributed by atoms with Crippen molar-refractivity contribution in [3.63, 3.8) is 0 Å². The Morgan fingerprint density at radius 2 is 1.96 bits per heavy atom. The molecule has 2 aromatic rings. The Morgan fingerprint density at radius 3 is 2.67 bits per heavy atom. The van der Waals surface area contributed by atoms with Gasteiger partial charge < -0.3 is 14.9 Å². The summed E-state index contributed by atoms with van der Waals surface area (Å²) in [7, 11) is 0. The Balaban J connectivity index is 2.10. The summed E-state index contributed by atoms with van der Waals surface area (Å²) in [6, 6.07) is 11.8. The van der Waals surface area contributed by atoms with E-state index in [9.17, 15) is 9.90 Å². The Morgan fingerprint density at radius 1 is 1.21 bits per heavy atom. The zero-order chi connectivity index (χ0) is 17.3. The summed E-state index contributed by atoms with van der Waals surface area (Å²) >= 11 is 0. The van der Waals surface area contributed by atoms with Crippen LogP contribution in [0.3, 0.4) is 0 Å². The fraction of sp³-hybridized carbons (Fsp3) is 0.350. The highest BCUT2D eigenvalue weighted by Crippen LogP contribution is 2.41. The molecule has 1 aliphatic heterocycles. The second-order valence-corrected chi connectivity index (χ2v) is 6.89. The van der Waals surface area contributed by atoms with Crippen molar-refractivity contribution >= 4 is 5.97 Å². The SMILES string of the molecule is CC1(C)COc2ccc(-c3c(CO)cccc3CCC(=O)O)cc21. The number of carbonyl (C=O) groups is 1. The molecule has 2 N–H and O–H groups in total. The largest absolute Gasteiger partial charge is 0.492 e. The Labute approximate surface area is 141 Å². The molecule has 0 spiro atoms. The average molecular weight is 326 g/mol. The van der Waals surface area contributed by atoms with Gasteiger partial charge in [0.1, 0.15) is 5.75 Å². The maximum Gasteiger partial charge on any atom is 0.303 e. The van der Waals surface area contributed by atoms with Crippen LogP contribution >= 0.6 is 0 Å². The Kier molecular flexibility index (Phi) is 4.33. The number of aliphatic hydroxyl groups is 1. The maximum atomic E-state index is 10.9. The monoisotopic (exact) mass is 326 g/mol. The number of fused-ring (bicyclic) bond motifs is 1. The molecule has 2 aromatic carbocycles. The molecule has 0 aliphatic carbocycles. The topological polar surface area (TPSA) is 66.8 Å². The lowest BCUT2D eigenvalue weighted by molar-refractivity contribution is -0.136. The van der Waals surface area contributed by atoms with E-state index in [1.54, 1.807) is 0 Å². The number of rotatable bonds is 5. The minimum Gasteiger partial charge on any atom is -0.492 e. The van der Waals surface area contributed by atoms with Crippen LogP contribution in [0.5, 0.6) is 5.75 Å². The van der Waals surface area contributed by atoms with Crippen LogP contribution in [0.25, 0.3) is 11.1 Å². The number of aliphatic carboxylic acids is 1. The molecule has 0 atom stereocenters. The number of hydrogen-bond acceptors (Lipinski definition) is 3. The summed E-state index contributed by atoms with van der Waals surface area (Å²) in [5, 5.41) is 18.7. The number of ether oxygens (including phenoxy) is 1. The molecule has 0 radical (unpaired) electrons. The van der Waals surface area contributed by atoms with E-state index in [-0.39, 0.29) is 18.4 Å². The van der Waals surface area contributed by atoms with Gasteiger partial charge in [-0.3, -0.25) is 4.79 Å². The molecule has 0 fully saturated rings. The van der Waals surface area contributed by atoms with E-state index in [1.165, 1.54) is 0 Å². The van der Waals surface area contributed by atoms with Crippen LogP contribution in [-0.2, 0) is 23.2 Å². The first kappa shape index (κ1) is 16.5. The van der Waals surface area contributed by atoms with E-state index in [0.29, 0.717) is 13.0 Å². The predicted octanol–water partition coefficient (Wildman–Crippen LogP) is 3.53. The van der Waals surface area contributed by atoms with Gasteiger partial charge in [0, 0.05) is 17.4 Å². The van der Waals surface area contributed by atoms with Crippen molar-refractivity contribution in [1.29, 1.82) is 0 Å². The lowest BCUT2D eigenvalue weighted by Crippen LogP contribution is -2.18. The van der Waals surface area contributed by atoms with Gasteiger partial charge in [0.15, 0.2) is 0 Å². The van der Waals surface area contributed by atoms with Crippen molar-refractivity contribution in [2.24, 2.45) is 0 Å². The third kappa shape index (κ3) is 3.02. The second kappa shape index (κ2) is 6.29. The minimum atomic E-state index is -0.821. The summed E-state index contributed by atoms with van der Waals surface area (Å²) < 4.78 is 5.74. The van der Waals surface area contributed by atoms with Gasteiger partial charge in [-0.2, -0.15) is 0 Å². The standard InChI is InChI=1S/C20H22O4/c1-20(2)12-24-17-8-6-14(10-16(17)20)19-13(7-9-18(22)23)4-3-5-15(19)11-21/h3-6,8,10,21H,7,9,11-12H2,1-2H3,(H,22,23). The van der Waals surface area contributed by atoms with Crippen molar-refractivity contribution in [3.05, 3.63) is 53.1 Å². The van der Waals surface area contributed by atoms with Gasteiger partial charge in [0.2, 0.25) is 0 Å². The van der Waals surface area contributed by atoms with E-state index >= 15 is 0 Å². The van der Waals surface area contributed by atoms with E-state index < -0.39 is 5.97 Å². The van der Waals surface area contributed by atoms with Crippen molar-refractivity contribution in [2.75, 3.05) is 6.61 Å². The van der Waals surface area contributed by atoms with E-state index in [4.69, 9.17) is 9.84 Å². The highest BCUT2D eigenvalue weighted by atomic mass is 16.5. The highest BCUT2D eigenvalue weighted by molar-refractivity contribution is 5.74. The van der Waals surface area contributed by atoms with Crippen LogP contribution < -0.4 is 4.74 Å². The quantitative estimate of drug-likeness (QED) is 0.882. The van der Waals surface area contributed by atoms with Gasteiger partial charge in [-0.05, 0) is 40.8 Å². The number of aliphatic hydroxyl groups excluding tert-OH is 1. The van der Waals surface area contributed by atoms with Gasteiger partial charge in [-0.25, -0.2) is 0 Å². The third-order valence-electron chi connectivity index (χ3n) is 4.60. The molecule has 0 amide bonds. The molecule has 0 unspecified atom stereocenters. The molecular weight excluding hydrogens is 304 g/mol. The maximum absolute atomic E-state index is 10.9. The fourth-order valence-corrected chi connectivity index (χ4v) is 3.28. The van der Waals surface area contributed by atoms with Crippen molar-refractivity contribution in [2.45, 2.75) is 38.7 Å². The Hall–Kier alpha value is -2.33. The van der Waals surface area contributed by atoms with Crippen molar-refractivity contribution in [3.8, 4) is 16.9 Å². The van der Waals surface area contributed by atoms with Crippen LogP contribution in [0.1, 0.15) is 37.0 Å². The zero-order valence-electron chi connectivity index (χ0n) is 14.0. The van der Waals surface area contributed by atoms with Gasteiger partial charge in [0.25, 0.3) is 0 Å². The van der Waals surface area contributed by atoms with Crippen LogP contribution in [0.15, 0.2) is 36.4 Å². The summed E-state index contributed by atoms with van der Waals surface area (Å²) in [5.74, 6) is 0.0798. The molecular formula is C20H22O4. The van der Waals surface area contributed by atoms with Crippen molar-refractivity contribution in [1.82, 2.24) is 0 Å². The number of hydrogen-bond donors (Lipinski definition) is 2. The van der Waals surface area contributed by atoms with Crippen molar-refractivity contribution < 1.29 is 19.7 Å². The predicted molar refractivity (Wildman–Crippen MR) is 92.3 cm³/mol. The normalized spacial score (nSPS) is 15.0. The summed E-state index contributed by atoms with van der Waals surface area (Å²) in [6.07, 6.45) is 0.511. The van der Waals surface area contributed by atoms with Gasteiger partial charge in [-0.15, -0.1) is 0 Å². The first-order valence-electron chi connectivity index (χ1n) is 8.13. The van der Waals surface area contributed by atoms with Crippen LogP contribution in [0, 0.1) is 0 Å². The Bertz CT molecular complexity index is 777. The molecule has 3 rings (SSSR count). The lowest BCUT2D eigenvalue weighted by Gasteiger charge is -2.18. The van der Waals surface area contributed by atoms with Crippen LogP contribution in [0.2, 0.25) is 0 Å². The first-order chi connectivity index (χ1) is 11.4. The van der Waals surface area contributed by atoms with Gasteiger partial charge in [-0.1, -0.05) is 38.1 Å². The number of carboxylic acids is 1. The molecule has 24 heavy (non-hydrogen) atoms. The smallest absolute Gasteiger partial charge is 0.303 e. The van der Waals surface area contributed by atoms with Gasteiger partial charge in [0.05, 0.1) is 13.2 Å². The number of benzene rings is 2. The molecule has 4 heteroatoms. The fourth-order valence-electron chi connectivity index (χ4n) is 3.28. The second-order valence-electron chi connectivity index (χ2n) is 6.89. The zero-order valence-corrected chi connectivity index (χ0v) is 14.0. The average Bonchev–Trinajstić information content (AvgIpc) is 2.87. The third-order valence-corrected chi connectivity index (χ3v) is 4.60. The highest BCUT2D eigenvalue weighted by Gasteiger charge is 2.32. The van der Waals surface area contributed by atoms with Crippen LogP contribution in [0.4, 0.5) is 0 Å². The molecule has 0 saturated heterocycles. The molecule has 126 valence electrons. The molecule has 0 saturated carbocycles. The van der Waals surface area contributed by atoms with Crippen LogP contribution in [-0.4, -0.2) is 22.8 Å². The summed E-state index contributed by atoms with van der Waals surface area (Å²) in [6.45, 7) is 4.87.